The first-order chi connectivity index (χ1) is 10.3. The molecule has 1 radical (unpaired) electrons. The fraction of sp³-hybridized carbons (Fsp3) is 0.474. The van der Waals surface area contributed by atoms with E-state index in [0.717, 1.165) is 18.6 Å². The van der Waals surface area contributed by atoms with Gasteiger partial charge in [-0.15, -0.1) is 0 Å². The van der Waals surface area contributed by atoms with Gasteiger partial charge in [-0.25, -0.2) is 0 Å². The van der Waals surface area contributed by atoms with Crippen LogP contribution in [0.4, 0.5) is 0 Å². The number of hydrogen-bond donors (Lipinski definition) is 1. The minimum absolute atomic E-state index is 0.0398. The Kier molecular flexibility index (Phi) is 5.30. The van der Waals surface area contributed by atoms with Gasteiger partial charge < -0.3 is 9.53 Å². The van der Waals surface area contributed by atoms with Crippen LogP contribution in [0, 0.1) is 0 Å². The number of aliphatic hydroxyl groups is 1. The zero-order valence-corrected chi connectivity index (χ0v) is 15.4. The molecule has 22 heavy (non-hydrogen) atoms. The molecule has 0 saturated heterocycles. The minimum Gasteiger partial charge on any atom is -0.542 e. The van der Waals surface area contributed by atoms with E-state index < -0.39 is 9.04 Å². The molecule has 3 heteroatoms. The van der Waals surface area contributed by atoms with Crippen LogP contribution in [-0.2, 0) is 11.8 Å². The monoisotopic (exact) mass is 315 g/mol. The Hall–Kier alpha value is -1.32. The summed E-state index contributed by atoms with van der Waals surface area (Å²) in [5.74, 6) is 1.01. The highest BCUT2D eigenvalue weighted by Crippen LogP contribution is 2.39. The van der Waals surface area contributed by atoms with E-state index in [9.17, 15) is 5.11 Å². The quantitative estimate of drug-likeness (QED) is 0.811. The normalized spacial score (nSPS) is 12.1. The molecule has 2 aromatic carbocycles. The van der Waals surface area contributed by atoms with Gasteiger partial charge in [0.05, 0.1) is 0 Å². The summed E-state index contributed by atoms with van der Waals surface area (Å²) in [6.45, 7) is 11.3. The second-order valence-corrected chi connectivity index (χ2v) is 9.06. The van der Waals surface area contributed by atoms with Crippen LogP contribution >= 0.6 is 0 Å². The van der Waals surface area contributed by atoms with Gasteiger partial charge in [-0.1, -0.05) is 45.0 Å². The lowest BCUT2D eigenvalue weighted by Crippen LogP contribution is -2.19. The van der Waals surface area contributed by atoms with E-state index in [4.69, 9.17) is 4.43 Å². The Morgan fingerprint density at radius 1 is 1.14 bits per heavy atom. The van der Waals surface area contributed by atoms with Gasteiger partial charge in [-0.2, -0.15) is 0 Å². The van der Waals surface area contributed by atoms with Crippen molar-refractivity contribution in [2.45, 2.75) is 52.1 Å². The second kappa shape index (κ2) is 6.84. The molecule has 0 fully saturated rings. The first-order valence-electron chi connectivity index (χ1n) is 7.98. The molecule has 0 spiro atoms. The van der Waals surface area contributed by atoms with Crippen molar-refractivity contribution in [2.75, 3.05) is 6.61 Å². The van der Waals surface area contributed by atoms with E-state index in [0.29, 0.717) is 0 Å². The van der Waals surface area contributed by atoms with E-state index in [1.165, 1.54) is 21.9 Å². The number of hydrogen-bond acceptors (Lipinski definition) is 2. The molecule has 119 valence electrons. The molecule has 0 atom stereocenters. The highest BCUT2D eigenvalue weighted by molar-refractivity contribution is 6.49. The summed E-state index contributed by atoms with van der Waals surface area (Å²) >= 11 is 0. The molecule has 0 amide bonds. The third kappa shape index (κ3) is 3.71. The largest absolute Gasteiger partial charge is 0.542 e. The maximum absolute atomic E-state index is 9.27. The van der Waals surface area contributed by atoms with E-state index in [1.54, 1.807) is 0 Å². The fourth-order valence-corrected chi connectivity index (χ4v) is 3.66. The first kappa shape index (κ1) is 17.0. The molecule has 2 rings (SSSR count). The summed E-state index contributed by atoms with van der Waals surface area (Å²) in [5.41, 5.74) is 2.67. The van der Waals surface area contributed by atoms with Crippen molar-refractivity contribution in [1.29, 1.82) is 0 Å². The van der Waals surface area contributed by atoms with Crippen LogP contribution in [0.15, 0.2) is 30.3 Å². The van der Waals surface area contributed by atoms with Crippen molar-refractivity contribution in [1.82, 2.24) is 0 Å². The molecule has 0 unspecified atom stereocenters. The van der Waals surface area contributed by atoms with E-state index in [1.807, 2.05) is 0 Å². The third-order valence-electron chi connectivity index (χ3n) is 3.76. The van der Waals surface area contributed by atoms with Gasteiger partial charge in [0.1, 0.15) is 5.75 Å². The van der Waals surface area contributed by atoms with E-state index in [2.05, 4.69) is 64.2 Å². The number of benzene rings is 2. The summed E-state index contributed by atoms with van der Waals surface area (Å²) in [7, 11) is -0.825. The molecule has 1 N–H and O–H groups in total. The zero-order valence-electron chi connectivity index (χ0n) is 14.4. The molecule has 0 heterocycles. The Labute approximate surface area is 135 Å². The van der Waals surface area contributed by atoms with Gasteiger partial charge in [0.15, 0.2) is 0 Å². The number of rotatable bonds is 5. The summed E-state index contributed by atoms with van der Waals surface area (Å²) in [6, 6.07) is 10.7. The Bertz CT molecular complexity index is 642. The van der Waals surface area contributed by atoms with Crippen molar-refractivity contribution in [3.8, 4) is 5.75 Å². The van der Waals surface area contributed by atoms with Crippen molar-refractivity contribution in [3.63, 3.8) is 0 Å². The molecule has 0 aliphatic rings. The van der Waals surface area contributed by atoms with Crippen molar-refractivity contribution in [3.05, 3.63) is 41.5 Å². The summed E-state index contributed by atoms with van der Waals surface area (Å²) in [6.07, 6.45) is 1.63. The van der Waals surface area contributed by atoms with Crippen LogP contribution in [-0.4, -0.2) is 20.8 Å². The van der Waals surface area contributed by atoms with Crippen LogP contribution in [0.5, 0.6) is 5.75 Å². The van der Waals surface area contributed by atoms with Crippen LogP contribution in [0.3, 0.4) is 0 Å². The maximum Gasteiger partial charge on any atom is 0.274 e. The summed E-state index contributed by atoms with van der Waals surface area (Å²) in [5, 5.41) is 11.8. The second-order valence-electron chi connectivity index (χ2n) is 7.04. The molecule has 2 aromatic rings. The Morgan fingerprint density at radius 2 is 1.82 bits per heavy atom. The van der Waals surface area contributed by atoms with Gasteiger partial charge in [0.25, 0.3) is 9.04 Å². The number of fused-ring (bicyclic) bond motifs is 1. The van der Waals surface area contributed by atoms with Crippen LogP contribution in [0.2, 0.25) is 13.1 Å². The third-order valence-corrected chi connectivity index (χ3v) is 4.39. The zero-order chi connectivity index (χ0) is 16.3. The smallest absolute Gasteiger partial charge is 0.274 e. The summed E-state index contributed by atoms with van der Waals surface area (Å²) < 4.78 is 6.21. The fourth-order valence-electron chi connectivity index (χ4n) is 3.04. The molecule has 0 bridgehead atoms. The standard InChI is InChI=1S/C19H27O2Si/c1-19(2,3)18-15-10-7-6-9-14(15)13-17(21-22(4)5)16(18)11-8-12-20/h6-7,9-10,13,20H,8,11-12H2,1-5H3. The molecular formula is C19H27O2Si. The SMILES string of the molecule is C[Si](C)Oc1cc2ccccc2c(C(C)(C)C)c1CCCO. The molecular weight excluding hydrogens is 288 g/mol. The molecule has 0 aliphatic heterocycles. The highest BCUT2D eigenvalue weighted by Gasteiger charge is 2.24. The van der Waals surface area contributed by atoms with Gasteiger partial charge in [-0.05, 0) is 59.3 Å². The van der Waals surface area contributed by atoms with Crippen LogP contribution in [0.25, 0.3) is 10.8 Å². The van der Waals surface area contributed by atoms with Crippen molar-refractivity contribution in [2.24, 2.45) is 0 Å². The van der Waals surface area contributed by atoms with Crippen molar-refractivity contribution < 1.29 is 9.53 Å². The first-order valence-corrected chi connectivity index (χ1v) is 10.4. The average molecular weight is 316 g/mol. The Morgan fingerprint density at radius 3 is 2.41 bits per heavy atom. The molecule has 2 nitrogen and oxygen atoms in total. The minimum atomic E-state index is -0.825. The van der Waals surface area contributed by atoms with Gasteiger partial charge in [-0.3, -0.25) is 0 Å². The lowest BCUT2D eigenvalue weighted by atomic mass is 9.79. The molecule has 0 aromatic heterocycles. The summed E-state index contributed by atoms with van der Waals surface area (Å²) in [4.78, 5) is 0. The van der Waals surface area contributed by atoms with E-state index in [-0.39, 0.29) is 12.0 Å². The predicted molar refractivity (Wildman–Crippen MR) is 96.2 cm³/mol. The number of aliphatic hydroxyl groups excluding tert-OH is 1. The van der Waals surface area contributed by atoms with Gasteiger partial charge in [0.2, 0.25) is 0 Å². The van der Waals surface area contributed by atoms with Crippen molar-refractivity contribution >= 4 is 19.8 Å². The topological polar surface area (TPSA) is 29.5 Å². The molecule has 0 aliphatic carbocycles. The van der Waals surface area contributed by atoms with E-state index >= 15 is 0 Å². The average Bonchev–Trinajstić information content (AvgIpc) is 2.42. The lowest BCUT2D eigenvalue weighted by molar-refractivity contribution is 0.288. The van der Waals surface area contributed by atoms with Crippen LogP contribution in [0.1, 0.15) is 38.3 Å². The molecule has 0 saturated carbocycles. The Balaban J connectivity index is 2.75. The predicted octanol–water partition coefficient (Wildman–Crippen LogP) is 4.69. The van der Waals surface area contributed by atoms with Gasteiger partial charge >= 0.3 is 0 Å². The van der Waals surface area contributed by atoms with Gasteiger partial charge in [0, 0.05) is 6.61 Å². The maximum atomic E-state index is 9.27. The highest BCUT2D eigenvalue weighted by atomic mass is 28.3. The lowest BCUT2D eigenvalue weighted by Gasteiger charge is -2.28. The van der Waals surface area contributed by atoms with Crippen LogP contribution < -0.4 is 4.43 Å².